The molecule has 11 nitrogen and oxygen atoms in total. The molecule has 12 heteroatoms. The molecule has 0 aromatic carbocycles. The maximum Gasteiger partial charge on any atom is 1.00 e. The number of rotatable bonds is 10. The quantitative estimate of drug-likeness (QED) is 0.303. The van der Waals surface area contributed by atoms with Crippen molar-refractivity contribution in [2.75, 3.05) is 14.2 Å². The van der Waals surface area contributed by atoms with E-state index in [1.165, 1.54) is 7.11 Å². The molecule has 5 rings (SSSR count). The van der Waals surface area contributed by atoms with Crippen LogP contribution in [0.2, 0.25) is 0 Å². The standard InChI is InChI=1S/C36H62O11.Na/c1-18-16-27(36(40)19(2)17-34(9,47-36)24(7)37)43-31(18)33(8)14-12-25(44-33)26-13-15-35(45-26)23(6)30(42-11)21(4)29(46-35)20(3)28(41-10)22(5)32(38)39;/h18-31,37,40H,12-17H2,1-11H3,(H,38,39);/q;+1/p-1. The molecule has 272 valence electrons. The van der Waals surface area contributed by atoms with Gasteiger partial charge >= 0.3 is 29.6 Å². The third kappa shape index (κ3) is 6.96. The summed E-state index contributed by atoms with van der Waals surface area (Å²) >= 11 is 0. The fourth-order valence-corrected chi connectivity index (χ4v) is 10.1. The van der Waals surface area contributed by atoms with E-state index >= 15 is 0 Å². The molecule has 18 atom stereocenters. The van der Waals surface area contributed by atoms with Gasteiger partial charge in [-0.15, -0.1) is 0 Å². The molecule has 0 radical (unpaired) electrons. The minimum atomic E-state index is -1.48. The molecule has 5 heterocycles. The molecule has 5 fully saturated rings. The number of aliphatic hydroxyl groups is 2. The van der Waals surface area contributed by atoms with Crippen molar-refractivity contribution in [3.8, 4) is 0 Å². The minimum absolute atomic E-state index is 0. The normalized spacial score (nSPS) is 50.3. The summed E-state index contributed by atoms with van der Waals surface area (Å²) in [6, 6.07) is 0. The van der Waals surface area contributed by atoms with Crippen molar-refractivity contribution in [1.82, 2.24) is 0 Å². The summed E-state index contributed by atoms with van der Waals surface area (Å²) in [7, 11) is 3.24. The Labute approximate surface area is 309 Å². The monoisotopic (exact) mass is 692 g/mol. The topological polar surface area (TPSA) is 145 Å². The van der Waals surface area contributed by atoms with Crippen LogP contribution in [0.3, 0.4) is 0 Å². The fourth-order valence-electron chi connectivity index (χ4n) is 10.1. The van der Waals surface area contributed by atoms with Gasteiger partial charge in [-0.1, -0.05) is 41.5 Å². The van der Waals surface area contributed by atoms with Crippen LogP contribution in [0, 0.1) is 35.5 Å². The first-order valence-corrected chi connectivity index (χ1v) is 17.9. The Kier molecular flexibility index (Phi) is 12.7. The number of methoxy groups -OCH3 is 2. The van der Waals surface area contributed by atoms with Gasteiger partial charge in [-0.3, -0.25) is 0 Å². The zero-order chi connectivity index (χ0) is 34.9. The third-order valence-corrected chi connectivity index (χ3v) is 13.1. The second-order valence-electron chi connectivity index (χ2n) is 16.3. The molecule has 1 spiro atoms. The molecular weight excluding hydrogens is 631 g/mol. The molecule has 18 unspecified atom stereocenters. The van der Waals surface area contributed by atoms with Crippen LogP contribution >= 0.6 is 0 Å². The van der Waals surface area contributed by atoms with E-state index in [0.29, 0.717) is 19.3 Å². The molecule has 0 amide bonds. The zero-order valence-corrected chi connectivity index (χ0v) is 33.4. The Morgan fingerprint density at radius 2 is 1.60 bits per heavy atom. The van der Waals surface area contributed by atoms with Gasteiger partial charge < -0.3 is 53.3 Å². The second kappa shape index (κ2) is 14.9. The predicted molar refractivity (Wildman–Crippen MR) is 170 cm³/mol. The van der Waals surface area contributed by atoms with Crippen molar-refractivity contribution in [2.24, 2.45) is 35.5 Å². The average Bonchev–Trinajstić information content (AvgIpc) is 3.77. The molecular formula is C36H61NaO11. The summed E-state index contributed by atoms with van der Waals surface area (Å²) in [5.74, 6) is -4.76. The molecule has 0 aromatic rings. The maximum absolute atomic E-state index is 11.8. The van der Waals surface area contributed by atoms with Crippen molar-refractivity contribution in [1.29, 1.82) is 0 Å². The number of hydrogen-bond donors (Lipinski definition) is 2. The molecule has 5 saturated heterocycles. The number of carboxylic acid groups (broad SMARTS) is 1. The van der Waals surface area contributed by atoms with Crippen LogP contribution in [0.15, 0.2) is 0 Å². The number of hydrogen-bond acceptors (Lipinski definition) is 11. The number of carbonyl (C=O) groups is 1. The molecule has 5 aliphatic heterocycles. The van der Waals surface area contributed by atoms with Gasteiger partial charge in [0.25, 0.3) is 0 Å². The molecule has 0 aliphatic carbocycles. The fraction of sp³-hybridized carbons (Fsp3) is 0.972. The van der Waals surface area contributed by atoms with Gasteiger partial charge in [0.2, 0.25) is 0 Å². The first-order valence-electron chi connectivity index (χ1n) is 17.9. The van der Waals surface area contributed by atoms with Gasteiger partial charge in [-0.25, -0.2) is 0 Å². The average molecular weight is 693 g/mol. The Hall–Kier alpha value is 0.110. The van der Waals surface area contributed by atoms with Gasteiger partial charge in [-0.2, -0.15) is 0 Å². The van der Waals surface area contributed by atoms with Crippen LogP contribution in [0.25, 0.3) is 0 Å². The Balaban J connectivity index is 0.00000520. The van der Waals surface area contributed by atoms with Crippen molar-refractivity contribution >= 4 is 5.97 Å². The number of carboxylic acids is 1. The molecule has 5 aliphatic rings. The van der Waals surface area contributed by atoms with Gasteiger partial charge in [0.15, 0.2) is 11.6 Å². The smallest absolute Gasteiger partial charge is 0.550 e. The SMILES string of the molecule is COC(C(C)C(=O)[O-])C(C)C1OC2(CCC(C3CCC(C)(C4OC(C5(O)OC(C)(C(C)O)CC5C)CC4C)O3)O2)C(C)C(OC)C1C.[Na+]. The van der Waals surface area contributed by atoms with Gasteiger partial charge in [-0.05, 0) is 58.8 Å². The van der Waals surface area contributed by atoms with Gasteiger partial charge in [0, 0.05) is 56.2 Å². The van der Waals surface area contributed by atoms with E-state index in [2.05, 4.69) is 27.7 Å². The van der Waals surface area contributed by atoms with Crippen LogP contribution in [-0.4, -0.2) is 102 Å². The van der Waals surface area contributed by atoms with Crippen molar-refractivity contribution < 1.29 is 82.8 Å². The second-order valence-corrected chi connectivity index (χ2v) is 16.3. The van der Waals surface area contributed by atoms with Gasteiger partial charge in [0.1, 0.15) is 6.10 Å². The van der Waals surface area contributed by atoms with E-state index in [-0.39, 0.29) is 89.7 Å². The molecule has 0 aromatic heterocycles. The van der Waals surface area contributed by atoms with E-state index in [1.807, 2.05) is 20.8 Å². The molecule has 0 bridgehead atoms. The van der Waals surface area contributed by atoms with Crippen molar-refractivity contribution in [3.05, 3.63) is 0 Å². The van der Waals surface area contributed by atoms with E-state index in [1.54, 1.807) is 21.0 Å². The Bertz CT molecular complexity index is 1130. The van der Waals surface area contributed by atoms with Gasteiger partial charge in [0.05, 0.1) is 53.9 Å². The van der Waals surface area contributed by atoms with Crippen LogP contribution in [0.5, 0.6) is 0 Å². The van der Waals surface area contributed by atoms with E-state index in [4.69, 9.17) is 33.2 Å². The summed E-state index contributed by atoms with van der Waals surface area (Å²) in [5, 5.41) is 33.9. The first kappa shape index (κ1) is 40.9. The zero-order valence-electron chi connectivity index (χ0n) is 31.4. The van der Waals surface area contributed by atoms with Crippen LogP contribution < -0.4 is 34.7 Å². The minimum Gasteiger partial charge on any atom is -0.550 e. The van der Waals surface area contributed by atoms with Crippen molar-refractivity contribution in [2.45, 2.75) is 172 Å². The molecule has 2 N–H and O–H groups in total. The molecule has 48 heavy (non-hydrogen) atoms. The Morgan fingerprint density at radius 1 is 0.979 bits per heavy atom. The van der Waals surface area contributed by atoms with E-state index in [9.17, 15) is 20.1 Å². The maximum atomic E-state index is 11.8. The first-order chi connectivity index (χ1) is 21.9. The summed E-state index contributed by atoms with van der Waals surface area (Å²) < 4.78 is 45.3. The number of ether oxygens (including phenoxy) is 7. The summed E-state index contributed by atoms with van der Waals surface area (Å²) in [6.45, 7) is 17.5. The third-order valence-electron chi connectivity index (χ3n) is 13.1. The summed E-state index contributed by atoms with van der Waals surface area (Å²) in [6.07, 6.45) is 1.25. The van der Waals surface area contributed by atoms with Crippen LogP contribution in [0.4, 0.5) is 0 Å². The number of aliphatic hydroxyl groups excluding tert-OH is 1. The van der Waals surface area contributed by atoms with E-state index in [0.717, 1.165) is 19.3 Å². The Morgan fingerprint density at radius 3 is 2.17 bits per heavy atom. The summed E-state index contributed by atoms with van der Waals surface area (Å²) in [4.78, 5) is 11.8. The molecule has 0 saturated carbocycles. The van der Waals surface area contributed by atoms with Crippen LogP contribution in [-0.2, 0) is 38.0 Å². The van der Waals surface area contributed by atoms with E-state index < -0.39 is 53.0 Å². The largest absolute Gasteiger partial charge is 1.00 e. The number of aliphatic carboxylic acids is 1. The van der Waals surface area contributed by atoms with Crippen LogP contribution in [0.1, 0.15) is 101 Å². The number of carbonyl (C=O) groups excluding carboxylic acids is 1. The summed E-state index contributed by atoms with van der Waals surface area (Å²) in [5.41, 5.74) is -1.41. The van der Waals surface area contributed by atoms with Crippen molar-refractivity contribution in [3.63, 3.8) is 0 Å². The predicted octanol–water partition coefficient (Wildman–Crippen LogP) is 0.205.